The first-order valence-electron chi connectivity index (χ1n) is 11.6. The van der Waals surface area contributed by atoms with Gasteiger partial charge in [-0.25, -0.2) is 0 Å². The molecule has 1 rings (SSSR count). The van der Waals surface area contributed by atoms with E-state index in [1.807, 2.05) is 0 Å². The highest BCUT2D eigenvalue weighted by molar-refractivity contribution is 5.06. The monoisotopic (exact) mass is 364 g/mol. The van der Waals surface area contributed by atoms with Crippen molar-refractivity contribution in [3.05, 3.63) is 0 Å². The number of rotatable bonds is 7. The molecule has 0 N–H and O–H groups in total. The molecule has 0 aromatic carbocycles. The summed E-state index contributed by atoms with van der Waals surface area (Å²) in [7, 11) is 0. The molecule has 0 atom stereocenters. The zero-order valence-electron chi connectivity index (χ0n) is 20.4. The lowest BCUT2D eigenvalue weighted by atomic mass is 9.43. The first-order chi connectivity index (χ1) is 11.6. The second-order valence-electron chi connectivity index (χ2n) is 13.4. The molecule has 0 spiro atoms. The molecule has 1 saturated carbocycles. The average molecular weight is 365 g/mol. The lowest BCUT2D eigenvalue weighted by Crippen LogP contribution is -2.53. The second-order valence-corrected chi connectivity index (χ2v) is 13.4. The van der Waals surface area contributed by atoms with E-state index in [0.29, 0.717) is 27.1 Å². The fourth-order valence-electron chi connectivity index (χ4n) is 7.21. The lowest BCUT2D eigenvalue weighted by molar-refractivity contribution is -0.122. The largest absolute Gasteiger partial charge is 0.0654 e. The van der Waals surface area contributed by atoms with Crippen LogP contribution in [0.3, 0.4) is 0 Å². The predicted molar refractivity (Wildman–Crippen MR) is 120 cm³/mol. The highest BCUT2D eigenvalue weighted by atomic mass is 14.6. The van der Waals surface area contributed by atoms with E-state index >= 15 is 0 Å². The Bertz CT molecular complexity index is 386. The van der Waals surface area contributed by atoms with Gasteiger partial charge in [0.1, 0.15) is 0 Å². The van der Waals surface area contributed by atoms with E-state index in [1.165, 1.54) is 57.8 Å². The number of hydrogen-bond donors (Lipinski definition) is 0. The molecule has 1 fully saturated rings. The minimum Gasteiger partial charge on any atom is -0.0654 e. The van der Waals surface area contributed by atoms with Crippen LogP contribution >= 0.6 is 0 Å². The molecule has 156 valence electrons. The molecule has 0 aromatic rings. The van der Waals surface area contributed by atoms with Crippen LogP contribution in [0.15, 0.2) is 0 Å². The van der Waals surface area contributed by atoms with Crippen molar-refractivity contribution in [2.75, 3.05) is 0 Å². The summed E-state index contributed by atoms with van der Waals surface area (Å²) in [5.41, 5.74) is 2.02. The molecule has 0 heterocycles. The third-order valence-electron chi connectivity index (χ3n) is 7.46. The molecule has 26 heavy (non-hydrogen) atoms. The summed E-state index contributed by atoms with van der Waals surface area (Å²) in [6.07, 6.45) is 12.7. The van der Waals surface area contributed by atoms with Gasteiger partial charge < -0.3 is 0 Å². The lowest BCUT2D eigenvalue weighted by Gasteiger charge is -2.62. The maximum Gasteiger partial charge on any atom is -0.0194 e. The molecule has 0 saturated heterocycles. The van der Waals surface area contributed by atoms with Gasteiger partial charge in [0.2, 0.25) is 0 Å². The van der Waals surface area contributed by atoms with Crippen LogP contribution in [0.4, 0.5) is 0 Å². The summed E-state index contributed by atoms with van der Waals surface area (Å²) >= 11 is 0. The molecule has 0 unspecified atom stereocenters. The van der Waals surface area contributed by atoms with Crippen LogP contribution in [0.25, 0.3) is 0 Å². The summed E-state index contributed by atoms with van der Waals surface area (Å²) in [5.74, 6) is 0.985. The molecule has 1 aliphatic rings. The Labute approximate surface area is 167 Å². The third kappa shape index (κ3) is 6.00. The van der Waals surface area contributed by atoms with Crippen LogP contribution in [0.5, 0.6) is 0 Å². The topological polar surface area (TPSA) is 0 Å². The first kappa shape index (κ1) is 24.0. The molecular formula is C26H52. The van der Waals surface area contributed by atoms with Gasteiger partial charge in [-0.2, -0.15) is 0 Å². The summed E-state index contributed by atoms with van der Waals surface area (Å²) in [5, 5.41) is 0. The van der Waals surface area contributed by atoms with Crippen molar-refractivity contribution < 1.29 is 0 Å². The predicted octanol–water partition coefficient (Wildman–Crippen LogP) is 9.28. The third-order valence-corrected chi connectivity index (χ3v) is 7.46. The standard InChI is InChI=1S/C26H52/c1-12-13-14-21-15-17-26(18-16-21,24(8,9)19-22(2,3)4)25(10,11)20-23(5,6)7/h21H,12-20H2,1-11H3. The molecule has 0 aliphatic heterocycles. The SMILES string of the molecule is CCCCC1CCC(C(C)(C)CC(C)(C)C)(C(C)(C)CC(C)(C)C)CC1. The van der Waals surface area contributed by atoms with Crippen molar-refractivity contribution in [1.82, 2.24) is 0 Å². The van der Waals surface area contributed by atoms with E-state index in [4.69, 9.17) is 0 Å². The number of hydrogen-bond acceptors (Lipinski definition) is 0. The van der Waals surface area contributed by atoms with Crippen molar-refractivity contribution >= 4 is 0 Å². The minimum absolute atomic E-state index is 0.385. The van der Waals surface area contributed by atoms with Crippen molar-refractivity contribution in [2.24, 2.45) is 33.0 Å². The van der Waals surface area contributed by atoms with Crippen molar-refractivity contribution in [2.45, 2.75) is 134 Å². The van der Waals surface area contributed by atoms with Crippen molar-refractivity contribution in [3.8, 4) is 0 Å². The van der Waals surface area contributed by atoms with Gasteiger partial charge in [0.15, 0.2) is 0 Å². The molecule has 0 radical (unpaired) electrons. The molecular weight excluding hydrogens is 312 g/mol. The zero-order chi connectivity index (χ0) is 20.4. The Morgan fingerprint density at radius 2 is 1.08 bits per heavy atom. The van der Waals surface area contributed by atoms with E-state index in [2.05, 4.69) is 76.2 Å². The van der Waals surface area contributed by atoms with Crippen LogP contribution in [-0.4, -0.2) is 0 Å². The summed E-state index contributed by atoms with van der Waals surface area (Å²) < 4.78 is 0. The van der Waals surface area contributed by atoms with Gasteiger partial charge in [0.25, 0.3) is 0 Å². The molecule has 0 heteroatoms. The van der Waals surface area contributed by atoms with Crippen LogP contribution in [0.2, 0.25) is 0 Å². The maximum atomic E-state index is 2.61. The highest BCUT2D eigenvalue weighted by Crippen LogP contribution is 2.65. The quantitative estimate of drug-likeness (QED) is 0.422. The van der Waals surface area contributed by atoms with Crippen LogP contribution in [-0.2, 0) is 0 Å². The van der Waals surface area contributed by atoms with Gasteiger partial charge in [0, 0.05) is 0 Å². The fraction of sp³-hybridized carbons (Fsp3) is 1.00. The Morgan fingerprint density at radius 1 is 0.692 bits per heavy atom. The molecule has 0 aromatic heterocycles. The molecule has 0 amide bonds. The smallest absolute Gasteiger partial charge is 0.0194 e. The first-order valence-corrected chi connectivity index (χ1v) is 11.6. The number of unbranched alkanes of at least 4 members (excludes halogenated alkanes) is 1. The Balaban J connectivity index is 3.19. The average Bonchev–Trinajstić information content (AvgIpc) is 2.40. The van der Waals surface area contributed by atoms with E-state index in [9.17, 15) is 0 Å². The van der Waals surface area contributed by atoms with Gasteiger partial charge in [-0.1, -0.05) is 95.4 Å². The van der Waals surface area contributed by atoms with E-state index < -0.39 is 0 Å². The minimum atomic E-state index is 0.385. The van der Waals surface area contributed by atoms with E-state index in [-0.39, 0.29) is 0 Å². The maximum absolute atomic E-state index is 2.61. The van der Waals surface area contributed by atoms with Gasteiger partial charge in [0.05, 0.1) is 0 Å². The summed E-state index contributed by atoms with van der Waals surface area (Å²) in [4.78, 5) is 0. The van der Waals surface area contributed by atoms with Gasteiger partial charge in [-0.15, -0.1) is 0 Å². The van der Waals surface area contributed by atoms with E-state index in [1.54, 1.807) is 0 Å². The normalized spacial score (nSPS) is 20.4. The van der Waals surface area contributed by atoms with Gasteiger partial charge >= 0.3 is 0 Å². The van der Waals surface area contributed by atoms with Crippen molar-refractivity contribution in [1.29, 1.82) is 0 Å². The van der Waals surface area contributed by atoms with Gasteiger partial charge in [-0.05, 0) is 71.5 Å². The Hall–Kier alpha value is 0. The molecule has 1 aliphatic carbocycles. The molecule has 0 nitrogen and oxygen atoms in total. The fourth-order valence-corrected chi connectivity index (χ4v) is 7.21. The Morgan fingerprint density at radius 3 is 1.38 bits per heavy atom. The second kappa shape index (κ2) is 8.16. The zero-order valence-corrected chi connectivity index (χ0v) is 20.4. The molecule has 0 bridgehead atoms. The Kier molecular flexibility index (Phi) is 7.55. The summed E-state index contributed by atoms with van der Waals surface area (Å²) in [6, 6.07) is 0. The van der Waals surface area contributed by atoms with Crippen LogP contribution in [0.1, 0.15) is 134 Å². The van der Waals surface area contributed by atoms with Crippen LogP contribution < -0.4 is 0 Å². The van der Waals surface area contributed by atoms with E-state index in [0.717, 1.165) is 5.92 Å². The van der Waals surface area contributed by atoms with Gasteiger partial charge in [-0.3, -0.25) is 0 Å². The van der Waals surface area contributed by atoms with Crippen molar-refractivity contribution in [3.63, 3.8) is 0 Å². The van der Waals surface area contributed by atoms with Crippen LogP contribution in [0, 0.1) is 33.0 Å². The summed E-state index contributed by atoms with van der Waals surface area (Å²) in [6.45, 7) is 27.4. The highest BCUT2D eigenvalue weighted by Gasteiger charge is 2.56.